The SMILES string of the molecule is C=C(C)C(=O)O[C@H]1[C@@H]2[C@H](C)C(=O)O[C@@H]2C[C@@H](C)[C@@H]2[C@@H](OCC)CC(=O)[C@]21C. The van der Waals surface area contributed by atoms with Crippen LogP contribution in [-0.4, -0.2) is 42.6 Å². The number of hydrogen-bond acceptors (Lipinski definition) is 6. The first-order valence-electron chi connectivity index (χ1n) is 9.84. The predicted molar refractivity (Wildman–Crippen MR) is 97.6 cm³/mol. The minimum absolute atomic E-state index is 0.0320. The lowest BCUT2D eigenvalue weighted by molar-refractivity contribution is -0.165. The molecule has 0 N–H and O–H groups in total. The zero-order valence-electron chi connectivity index (χ0n) is 16.8. The largest absolute Gasteiger partial charge is 0.462 e. The molecule has 0 aromatic carbocycles. The smallest absolute Gasteiger partial charge is 0.333 e. The molecule has 3 aliphatic rings. The van der Waals surface area contributed by atoms with Crippen molar-refractivity contribution >= 4 is 17.7 Å². The molecule has 0 radical (unpaired) electrons. The summed E-state index contributed by atoms with van der Waals surface area (Å²) in [7, 11) is 0. The molecule has 2 saturated carbocycles. The van der Waals surface area contributed by atoms with E-state index in [4.69, 9.17) is 14.2 Å². The van der Waals surface area contributed by atoms with Gasteiger partial charge in [0.1, 0.15) is 18.0 Å². The molecule has 0 amide bonds. The minimum Gasteiger partial charge on any atom is -0.462 e. The van der Waals surface area contributed by atoms with E-state index in [0.717, 1.165) is 0 Å². The maximum atomic E-state index is 13.2. The van der Waals surface area contributed by atoms with Crippen LogP contribution >= 0.6 is 0 Å². The van der Waals surface area contributed by atoms with Gasteiger partial charge in [0.05, 0.1) is 17.4 Å². The van der Waals surface area contributed by atoms with Crippen molar-refractivity contribution in [3.05, 3.63) is 12.2 Å². The number of ketones is 1. The quantitative estimate of drug-likeness (QED) is 0.553. The molecule has 0 unspecified atom stereocenters. The maximum Gasteiger partial charge on any atom is 0.333 e. The summed E-state index contributed by atoms with van der Waals surface area (Å²) in [5.74, 6) is -1.57. The molecule has 6 heteroatoms. The number of carbonyl (C=O) groups is 3. The van der Waals surface area contributed by atoms with Crippen molar-refractivity contribution in [2.75, 3.05) is 6.61 Å². The van der Waals surface area contributed by atoms with E-state index in [9.17, 15) is 14.4 Å². The molecule has 2 aliphatic carbocycles. The third kappa shape index (κ3) is 3.02. The van der Waals surface area contributed by atoms with Crippen molar-refractivity contribution in [1.82, 2.24) is 0 Å². The second kappa shape index (κ2) is 7.04. The van der Waals surface area contributed by atoms with Crippen LogP contribution < -0.4 is 0 Å². The Bertz CT molecular complexity index is 670. The highest BCUT2D eigenvalue weighted by molar-refractivity contribution is 5.91. The zero-order valence-corrected chi connectivity index (χ0v) is 16.8. The van der Waals surface area contributed by atoms with E-state index in [0.29, 0.717) is 19.4 Å². The molecule has 0 aromatic rings. The molecule has 0 aromatic heterocycles. The standard InChI is InChI=1S/C21H30O6/c1-7-25-14-9-15(22)21(6)17(14)11(4)8-13-16(12(5)20(24)26-13)18(21)27-19(23)10(2)3/h11-14,16-18H,2,7-9H2,1,3-6H3/t11-,12+,13-,14+,16-,17-,18+,21-/m1/s1. The zero-order chi connectivity index (χ0) is 20.1. The fourth-order valence-corrected chi connectivity index (χ4v) is 5.59. The molecule has 1 saturated heterocycles. The van der Waals surface area contributed by atoms with Gasteiger partial charge in [0.2, 0.25) is 0 Å². The Kier molecular flexibility index (Phi) is 5.23. The Morgan fingerprint density at radius 3 is 2.59 bits per heavy atom. The van der Waals surface area contributed by atoms with Crippen LogP contribution in [-0.2, 0) is 28.6 Å². The van der Waals surface area contributed by atoms with Crippen LogP contribution in [0.2, 0.25) is 0 Å². The Morgan fingerprint density at radius 2 is 2.00 bits per heavy atom. The average molecular weight is 378 g/mol. The van der Waals surface area contributed by atoms with E-state index in [1.54, 1.807) is 13.8 Å². The Morgan fingerprint density at radius 1 is 1.33 bits per heavy atom. The summed E-state index contributed by atoms with van der Waals surface area (Å²) >= 11 is 0. The molecule has 3 rings (SSSR count). The highest BCUT2D eigenvalue weighted by atomic mass is 16.6. The van der Waals surface area contributed by atoms with Crippen molar-refractivity contribution in [2.24, 2.45) is 29.1 Å². The van der Waals surface area contributed by atoms with Crippen LogP contribution in [0.1, 0.15) is 47.5 Å². The fourth-order valence-electron chi connectivity index (χ4n) is 5.59. The minimum atomic E-state index is -0.911. The van der Waals surface area contributed by atoms with E-state index in [-0.39, 0.29) is 47.3 Å². The monoisotopic (exact) mass is 378 g/mol. The van der Waals surface area contributed by atoms with Crippen LogP contribution in [0.25, 0.3) is 0 Å². The van der Waals surface area contributed by atoms with Gasteiger partial charge in [-0.2, -0.15) is 0 Å². The van der Waals surface area contributed by atoms with Crippen molar-refractivity contribution in [3.8, 4) is 0 Å². The van der Waals surface area contributed by atoms with E-state index in [1.165, 1.54) is 0 Å². The molecule has 150 valence electrons. The number of fused-ring (bicyclic) bond motifs is 2. The number of ether oxygens (including phenoxy) is 3. The molecular formula is C21H30O6. The van der Waals surface area contributed by atoms with Gasteiger partial charge in [-0.15, -0.1) is 0 Å². The number of rotatable bonds is 4. The van der Waals surface area contributed by atoms with Crippen LogP contribution in [0.15, 0.2) is 12.2 Å². The first kappa shape index (κ1) is 20.1. The lowest BCUT2D eigenvalue weighted by Crippen LogP contribution is -2.51. The van der Waals surface area contributed by atoms with Crippen molar-refractivity contribution in [2.45, 2.75) is 65.8 Å². The first-order chi connectivity index (χ1) is 12.6. The highest BCUT2D eigenvalue weighted by Gasteiger charge is 2.66. The number of carbonyl (C=O) groups excluding carboxylic acids is 3. The normalized spacial score (nSPS) is 43.5. The molecule has 8 atom stereocenters. The van der Waals surface area contributed by atoms with E-state index in [2.05, 4.69) is 13.5 Å². The molecule has 1 aliphatic heterocycles. The summed E-state index contributed by atoms with van der Waals surface area (Å²) in [6.07, 6.45) is -0.359. The fraction of sp³-hybridized carbons (Fsp3) is 0.762. The summed E-state index contributed by atoms with van der Waals surface area (Å²) in [5, 5.41) is 0. The highest BCUT2D eigenvalue weighted by Crippen LogP contribution is 2.57. The van der Waals surface area contributed by atoms with Crippen molar-refractivity contribution < 1.29 is 28.6 Å². The summed E-state index contributed by atoms with van der Waals surface area (Å²) in [6, 6.07) is 0. The molecule has 3 fully saturated rings. The molecule has 6 nitrogen and oxygen atoms in total. The second-order valence-corrected chi connectivity index (χ2v) is 8.59. The topological polar surface area (TPSA) is 78.9 Å². The van der Waals surface area contributed by atoms with Crippen molar-refractivity contribution in [1.29, 1.82) is 0 Å². The predicted octanol–water partition coefficient (Wildman–Crippen LogP) is 2.69. The van der Waals surface area contributed by atoms with Gasteiger partial charge in [-0.1, -0.05) is 20.4 Å². The molecular weight excluding hydrogens is 348 g/mol. The Balaban J connectivity index is 2.10. The number of hydrogen-bond donors (Lipinski definition) is 0. The molecule has 1 heterocycles. The van der Waals surface area contributed by atoms with E-state index in [1.807, 2.05) is 13.8 Å². The van der Waals surface area contributed by atoms with Crippen molar-refractivity contribution in [3.63, 3.8) is 0 Å². The number of Topliss-reactive ketones (excluding diaryl/α,β-unsaturated/α-hetero) is 1. The van der Waals surface area contributed by atoms with Gasteiger partial charge in [0, 0.05) is 30.4 Å². The van der Waals surface area contributed by atoms with Crippen LogP contribution in [0.3, 0.4) is 0 Å². The van der Waals surface area contributed by atoms with Gasteiger partial charge < -0.3 is 14.2 Å². The molecule has 0 spiro atoms. The average Bonchev–Trinajstić information content (AvgIpc) is 2.96. The maximum absolute atomic E-state index is 13.2. The Hall–Kier alpha value is -1.69. The molecule has 27 heavy (non-hydrogen) atoms. The van der Waals surface area contributed by atoms with Crippen LogP contribution in [0.5, 0.6) is 0 Å². The van der Waals surface area contributed by atoms with Gasteiger partial charge in [-0.3, -0.25) is 9.59 Å². The summed E-state index contributed by atoms with van der Waals surface area (Å²) in [4.78, 5) is 37.9. The third-order valence-corrected chi connectivity index (χ3v) is 6.85. The summed E-state index contributed by atoms with van der Waals surface area (Å²) < 4.78 is 17.4. The van der Waals surface area contributed by atoms with Gasteiger partial charge in [-0.05, 0) is 33.1 Å². The Labute approximate surface area is 160 Å². The molecule has 0 bridgehead atoms. The lowest BCUT2D eigenvalue weighted by atomic mass is 9.66. The van der Waals surface area contributed by atoms with Crippen LogP contribution in [0, 0.1) is 29.1 Å². The van der Waals surface area contributed by atoms with Gasteiger partial charge in [-0.25, -0.2) is 4.79 Å². The second-order valence-electron chi connectivity index (χ2n) is 8.59. The van der Waals surface area contributed by atoms with E-state index >= 15 is 0 Å². The summed E-state index contributed by atoms with van der Waals surface area (Å²) in [6.45, 7) is 13.4. The van der Waals surface area contributed by atoms with Gasteiger partial charge >= 0.3 is 11.9 Å². The van der Waals surface area contributed by atoms with Gasteiger partial charge in [0.15, 0.2) is 0 Å². The third-order valence-electron chi connectivity index (χ3n) is 6.85. The van der Waals surface area contributed by atoms with E-state index < -0.39 is 23.4 Å². The number of esters is 2. The lowest BCUT2D eigenvalue weighted by Gasteiger charge is -2.41. The van der Waals surface area contributed by atoms with Gasteiger partial charge in [0.25, 0.3) is 0 Å². The first-order valence-corrected chi connectivity index (χ1v) is 9.84. The van der Waals surface area contributed by atoms with Crippen LogP contribution in [0.4, 0.5) is 0 Å². The summed E-state index contributed by atoms with van der Waals surface area (Å²) in [5.41, 5.74) is -0.639.